The first-order valence-electron chi connectivity index (χ1n) is 7.39. The van der Waals surface area contributed by atoms with E-state index in [1.807, 2.05) is 13.0 Å². The molecule has 0 amide bonds. The molecule has 5 nitrogen and oxygen atoms in total. The van der Waals surface area contributed by atoms with Crippen LogP contribution in [0.4, 0.5) is 5.69 Å². The number of anilines is 1. The van der Waals surface area contributed by atoms with Crippen LogP contribution in [-0.4, -0.2) is 33.9 Å². The van der Waals surface area contributed by atoms with Gasteiger partial charge in [0.2, 0.25) is 10.0 Å². The third-order valence-corrected chi connectivity index (χ3v) is 4.83. The molecular weight excluding hydrogens is 288 g/mol. The fourth-order valence-electron chi connectivity index (χ4n) is 2.13. The molecule has 0 heterocycles. The molecule has 0 aliphatic heterocycles. The largest absolute Gasteiger partial charge is 0.495 e. The lowest BCUT2D eigenvalue weighted by molar-refractivity contribution is 0.417. The number of sulfonamides is 1. The van der Waals surface area contributed by atoms with Crippen LogP contribution in [0.3, 0.4) is 0 Å². The molecule has 118 valence electrons. The molecule has 2 rings (SSSR count). The van der Waals surface area contributed by atoms with Gasteiger partial charge >= 0.3 is 0 Å². The summed E-state index contributed by atoms with van der Waals surface area (Å²) >= 11 is 0. The van der Waals surface area contributed by atoms with Crippen molar-refractivity contribution in [3.05, 3.63) is 23.8 Å². The number of hydrogen-bond donors (Lipinski definition) is 2. The van der Waals surface area contributed by atoms with Crippen molar-refractivity contribution in [1.29, 1.82) is 0 Å². The molecule has 0 atom stereocenters. The fraction of sp³-hybridized carbons (Fsp3) is 0.600. The molecule has 1 aromatic carbocycles. The molecule has 1 fully saturated rings. The number of hydrogen-bond acceptors (Lipinski definition) is 4. The van der Waals surface area contributed by atoms with Gasteiger partial charge in [0, 0.05) is 6.04 Å². The predicted octanol–water partition coefficient (Wildman–Crippen LogP) is 2.28. The number of rotatable bonds is 9. The van der Waals surface area contributed by atoms with Gasteiger partial charge in [-0.1, -0.05) is 6.07 Å². The summed E-state index contributed by atoms with van der Waals surface area (Å²) in [4.78, 5) is 0. The Hall–Kier alpha value is -1.27. The highest BCUT2D eigenvalue weighted by molar-refractivity contribution is 7.92. The summed E-state index contributed by atoms with van der Waals surface area (Å²) in [6, 6.07) is 6.12. The molecule has 2 N–H and O–H groups in total. The number of aryl methyl sites for hydroxylation is 1. The van der Waals surface area contributed by atoms with Crippen molar-refractivity contribution >= 4 is 15.7 Å². The Kier molecular flexibility index (Phi) is 5.47. The van der Waals surface area contributed by atoms with Crippen molar-refractivity contribution in [2.45, 2.75) is 38.6 Å². The van der Waals surface area contributed by atoms with Gasteiger partial charge in [0.25, 0.3) is 0 Å². The maximum Gasteiger partial charge on any atom is 0.232 e. The maximum absolute atomic E-state index is 12.1. The molecule has 1 saturated carbocycles. The summed E-state index contributed by atoms with van der Waals surface area (Å²) in [7, 11) is -1.79. The van der Waals surface area contributed by atoms with E-state index in [1.165, 1.54) is 20.0 Å². The lowest BCUT2D eigenvalue weighted by Gasteiger charge is -2.12. The van der Waals surface area contributed by atoms with E-state index in [1.54, 1.807) is 12.1 Å². The van der Waals surface area contributed by atoms with E-state index in [9.17, 15) is 8.42 Å². The molecule has 21 heavy (non-hydrogen) atoms. The third kappa shape index (κ3) is 5.55. The monoisotopic (exact) mass is 312 g/mol. The van der Waals surface area contributed by atoms with Gasteiger partial charge in [0.05, 0.1) is 18.6 Å². The molecule has 1 aliphatic carbocycles. The van der Waals surface area contributed by atoms with Gasteiger partial charge in [0.15, 0.2) is 0 Å². The topological polar surface area (TPSA) is 67.4 Å². The molecule has 1 aromatic rings. The van der Waals surface area contributed by atoms with Crippen LogP contribution in [0.25, 0.3) is 0 Å². The normalized spacial score (nSPS) is 15.0. The minimum Gasteiger partial charge on any atom is -0.495 e. The van der Waals surface area contributed by atoms with E-state index in [-0.39, 0.29) is 5.75 Å². The van der Waals surface area contributed by atoms with Crippen molar-refractivity contribution < 1.29 is 13.2 Å². The van der Waals surface area contributed by atoms with Crippen molar-refractivity contribution in [1.82, 2.24) is 5.32 Å². The second-order valence-corrected chi connectivity index (χ2v) is 7.40. The Bertz CT molecular complexity index is 568. The van der Waals surface area contributed by atoms with Crippen molar-refractivity contribution in [3.8, 4) is 5.75 Å². The van der Waals surface area contributed by atoms with E-state index in [4.69, 9.17) is 4.74 Å². The highest BCUT2D eigenvalue weighted by atomic mass is 32.2. The summed E-state index contributed by atoms with van der Waals surface area (Å²) in [6.45, 7) is 2.81. The molecule has 0 radical (unpaired) electrons. The summed E-state index contributed by atoms with van der Waals surface area (Å²) in [6.07, 6.45) is 4.05. The van der Waals surface area contributed by atoms with Crippen LogP contribution in [0.1, 0.15) is 31.2 Å². The van der Waals surface area contributed by atoms with Crippen LogP contribution < -0.4 is 14.8 Å². The van der Waals surface area contributed by atoms with E-state index in [2.05, 4.69) is 10.0 Å². The van der Waals surface area contributed by atoms with Crippen LogP contribution in [0.5, 0.6) is 5.75 Å². The third-order valence-electron chi connectivity index (χ3n) is 3.47. The van der Waals surface area contributed by atoms with Crippen molar-refractivity contribution in [3.63, 3.8) is 0 Å². The van der Waals surface area contributed by atoms with Gasteiger partial charge in [-0.15, -0.1) is 0 Å². The predicted molar refractivity (Wildman–Crippen MR) is 85.4 cm³/mol. The van der Waals surface area contributed by atoms with Crippen LogP contribution in [-0.2, 0) is 10.0 Å². The van der Waals surface area contributed by atoms with Crippen molar-refractivity contribution in [2.24, 2.45) is 0 Å². The number of unbranched alkanes of at least 4 members (excludes halogenated alkanes) is 1. The van der Waals surface area contributed by atoms with Gasteiger partial charge in [0.1, 0.15) is 5.75 Å². The molecular formula is C15H24N2O3S. The molecule has 0 spiro atoms. The lowest BCUT2D eigenvalue weighted by Crippen LogP contribution is -2.20. The zero-order valence-corrected chi connectivity index (χ0v) is 13.5. The molecule has 0 bridgehead atoms. The summed E-state index contributed by atoms with van der Waals surface area (Å²) in [5.41, 5.74) is 1.50. The van der Waals surface area contributed by atoms with Crippen LogP contribution in [0, 0.1) is 6.92 Å². The first kappa shape index (κ1) is 16.1. The Morgan fingerprint density at radius 3 is 2.71 bits per heavy atom. The van der Waals surface area contributed by atoms with E-state index in [0.29, 0.717) is 23.9 Å². The van der Waals surface area contributed by atoms with Crippen LogP contribution >= 0.6 is 0 Å². The fourth-order valence-corrected chi connectivity index (χ4v) is 3.31. The summed E-state index contributed by atoms with van der Waals surface area (Å²) < 4.78 is 32.0. The zero-order chi connectivity index (χ0) is 15.3. The van der Waals surface area contributed by atoms with Gasteiger partial charge in [-0.25, -0.2) is 8.42 Å². The minimum atomic E-state index is -3.33. The molecule has 6 heteroatoms. The SMILES string of the molecule is COc1ccc(C)cc1NS(=O)(=O)CCCCNC1CC1. The first-order valence-corrected chi connectivity index (χ1v) is 9.04. The van der Waals surface area contributed by atoms with E-state index >= 15 is 0 Å². The molecule has 1 aliphatic rings. The average molecular weight is 312 g/mol. The molecule has 0 unspecified atom stereocenters. The van der Waals surface area contributed by atoms with Crippen LogP contribution in [0.15, 0.2) is 18.2 Å². The average Bonchev–Trinajstić information content (AvgIpc) is 3.22. The first-order chi connectivity index (χ1) is 10.00. The minimum absolute atomic E-state index is 0.135. The van der Waals surface area contributed by atoms with Gasteiger partial charge < -0.3 is 10.1 Å². The molecule has 0 saturated heterocycles. The summed E-state index contributed by atoms with van der Waals surface area (Å²) in [5.74, 6) is 0.677. The van der Waals surface area contributed by atoms with Crippen molar-refractivity contribution in [2.75, 3.05) is 24.1 Å². The second-order valence-electron chi connectivity index (χ2n) is 5.56. The maximum atomic E-state index is 12.1. The number of nitrogens with one attached hydrogen (secondary N) is 2. The Morgan fingerprint density at radius 2 is 2.05 bits per heavy atom. The van der Waals surface area contributed by atoms with Crippen LogP contribution in [0.2, 0.25) is 0 Å². The second kappa shape index (κ2) is 7.13. The Morgan fingerprint density at radius 1 is 1.29 bits per heavy atom. The van der Waals surface area contributed by atoms with Gasteiger partial charge in [-0.3, -0.25) is 4.72 Å². The lowest BCUT2D eigenvalue weighted by atomic mass is 10.2. The standard InChI is InChI=1S/C15H24N2O3S/c1-12-5-8-15(20-2)14(11-12)17-21(18,19)10-4-3-9-16-13-6-7-13/h5,8,11,13,16-17H,3-4,6-7,9-10H2,1-2H3. The highest BCUT2D eigenvalue weighted by Crippen LogP contribution is 2.26. The Balaban J connectivity index is 1.83. The highest BCUT2D eigenvalue weighted by Gasteiger charge is 2.19. The quantitative estimate of drug-likeness (QED) is 0.687. The summed E-state index contributed by atoms with van der Waals surface area (Å²) in [5, 5.41) is 3.38. The zero-order valence-electron chi connectivity index (χ0n) is 12.7. The number of ether oxygens (including phenoxy) is 1. The molecule has 0 aromatic heterocycles. The smallest absolute Gasteiger partial charge is 0.232 e. The number of methoxy groups -OCH3 is 1. The van der Waals surface area contributed by atoms with Gasteiger partial charge in [-0.05, 0) is 56.8 Å². The number of benzene rings is 1. The van der Waals surface area contributed by atoms with E-state index < -0.39 is 10.0 Å². The van der Waals surface area contributed by atoms with Gasteiger partial charge in [-0.2, -0.15) is 0 Å². The van der Waals surface area contributed by atoms with E-state index in [0.717, 1.165) is 18.5 Å². The Labute approximate surface area is 127 Å².